The zero-order chi connectivity index (χ0) is 27.1. The summed E-state index contributed by atoms with van der Waals surface area (Å²) < 4.78 is 7.48. The Balaban J connectivity index is 1.66. The van der Waals surface area contributed by atoms with Crippen LogP contribution < -0.4 is 0 Å². The van der Waals surface area contributed by atoms with E-state index in [1.165, 1.54) is 16.7 Å². The Labute approximate surface area is 232 Å². The maximum atomic E-state index is 13.9. The molecular formula is C32H39NO3SSi. The molecule has 0 aliphatic carbocycles. The van der Waals surface area contributed by atoms with E-state index in [0.29, 0.717) is 6.42 Å². The van der Waals surface area contributed by atoms with Crippen LogP contribution in [-0.4, -0.2) is 48.0 Å². The number of benzene rings is 3. The monoisotopic (exact) mass is 545 g/mol. The van der Waals surface area contributed by atoms with Crippen LogP contribution in [0.25, 0.3) is 0 Å². The van der Waals surface area contributed by atoms with Gasteiger partial charge in [-0.2, -0.15) is 0 Å². The second kappa shape index (κ2) is 10.3. The minimum Gasteiger partial charge on any atom is -0.394 e. The maximum absolute atomic E-state index is 13.9. The number of ether oxygens (including phenoxy) is 1. The zero-order valence-corrected chi connectivity index (χ0v) is 24.8. The fraction of sp³-hybridized carbons (Fsp3) is 0.406. The van der Waals surface area contributed by atoms with E-state index in [1.54, 1.807) is 0 Å². The Morgan fingerprint density at radius 1 is 0.816 bits per heavy atom. The predicted molar refractivity (Wildman–Crippen MR) is 158 cm³/mol. The van der Waals surface area contributed by atoms with E-state index in [4.69, 9.17) is 4.74 Å². The Morgan fingerprint density at radius 2 is 1.26 bits per heavy atom. The molecule has 4 unspecified atom stereocenters. The summed E-state index contributed by atoms with van der Waals surface area (Å²) in [6.07, 6.45) is 0.470. The van der Waals surface area contributed by atoms with Gasteiger partial charge in [0, 0.05) is 0 Å². The van der Waals surface area contributed by atoms with Crippen LogP contribution in [0.4, 0.5) is 0 Å². The minimum atomic E-state index is -2.18. The van der Waals surface area contributed by atoms with Gasteiger partial charge < -0.3 is 14.4 Å². The van der Waals surface area contributed by atoms with Crippen molar-refractivity contribution in [3.05, 3.63) is 108 Å². The van der Waals surface area contributed by atoms with Crippen LogP contribution in [0.15, 0.2) is 91.0 Å². The first-order valence-electron chi connectivity index (χ1n) is 13.5. The minimum absolute atomic E-state index is 0.00690. The molecule has 1 amide bonds. The number of aliphatic hydroxyl groups excluding tert-OH is 1. The highest BCUT2D eigenvalue weighted by Crippen LogP contribution is 2.58. The molecule has 2 heterocycles. The summed E-state index contributed by atoms with van der Waals surface area (Å²) in [6, 6.07) is 32.1. The molecule has 3 aromatic rings. The number of epoxide rings is 1. The first kappa shape index (κ1) is 27.2. The summed E-state index contributed by atoms with van der Waals surface area (Å²) in [4.78, 5) is 13.9. The van der Waals surface area contributed by atoms with Gasteiger partial charge in [-0.25, -0.2) is 0 Å². The molecule has 2 aliphatic heterocycles. The van der Waals surface area contributed by atoms with Crippen molar-refractivity contribution >= 4 is 25.9 Å². The molecule has 6 heteroatoms. The Bertz CT molecular complexity index is 1150. The van der Waals surface area contributed by atoms with Crippen LogP contribution in [0.1, 0.15) is 43.9 Å². The lowest BCUT2D eigenvalue weighted by atomic mass is 9.84. The number of nitrogens with zero attached hydrogens (tertiary/aromatic N) is 1. The molecule has 4 atom stereocenters. The molecule has 1 N–H and O–H groups in total. The highest BCUT2D eigenvalue weighted by atomic mass is 32.2. The number of amides is 1. The molecule has 0 bridgehead atoms. The average molecular weight is 546 g/mol. The third kappa shape index (κ3) is 4.66. The highest BCUT2D eigenvalue weighted by Gasteiger charge is 2.61. The van der Waals surface area contributed by atoms with E-state index in [0.717, 1.165) is 0 Å². The van der Waals surface area contributed by atoms with E-state index in [2.05, 4.69) is 129 Å². The fourth-order valence-electron chi connectivity index (χ4n) is 5.53. The van der Waals surface area contributed by atoms with Crippen molar-refractivity contribution in [2.24, 2.45) is 5.92 Å². The van der Waals surface area contributed by atoms with Gasteiger partial charge in [0.25, 0.3) is 0 Å². The summed E-state index contributed by atoms with van der Waals surface area (Å²) in [5.41, 5.74) is 3.60. The number of aliphatic hydroxyl groups is 1. The molecule has 0 spiro atoms. The van der Waals surface area contributed by atoms with Crippen molar-refractivity contribution in [1.82, 2.24) is 4.57 Å². The fourth-order valence-corrected chi connectivity index (χ4v) is 10.5. The highest BCUT2D eigenvalue weighted by molar-refractivity contribution is 8.01. The first-order chi connectivity index (χ1) is 18.1. The topological polar surface area (TPSA) is 53.1 Å². The normalized spacial score (nSPS) is 23.7. The van der Waals surface area contributed by atoms with E-state index in [1.807, 2.05) is 11.8 Å². The van der Waals surface area contributed by atoms with Crippen LogP contribution in [0, 0.1) is 5.92 Å². The summed E-state index contributed by atoms with van der Waals surface area (Å²) in [7, 11) is -2.18. The Hall–Kier alpha value is -2.38. The first-order valence-corrected chi connectivity index (χ1v) is 17.4. The smallest absolute Gasteiger partial charge is 0.221 e. The molecule has 38 heavy (non-hydrogen) atoms. The number of β-lactam (4-membered cyclic amide) rings is 1. The molecule has 2 aliphatic rings. The van der Waals surface area contributed by atoms with Gasteiger partial charge in [-0.1, -0.05) is 125 Å². The third-order valence-corrected chi connectivity index (χ3v) is 16.2. The number of hydrogen-bond acceptors (Lipinski definition) is 4. The molecule has 3 aromatic carbocycles. The molecule has 0 saturated carbocycles. The van der Waals surface area contributed by atoms with Crippen LogP contribution in [0.3, 0.4) is 0 Å². The van der Waals surface area contributed by atoms with Crippen molar-refractivity contribution in [2.75, 3.05) is 6.61 Å². The van der Waals surface area contributed by atoms with Gasteiger partial charge in [-0.15, -0.1) is 11.8 Å². The standard InChI is InChI=1S/C32H39NO3SSi/c1-31(2,3)38(4,5)33-29(35)26(21-27-28(22-34)36-27)30(33)37-32(23-15-9-6-10-16-23,24-17-11-7-12-18-24)25-19-13-8-14-20-25/h6-20,26-28,30,34H,21-22H2,1-5H3. The largest absolute Gasteiger partial charge is 0.394 e. The van der Waals surface area contributed by atoms with Crippen LogP contribution in [0.5, 0.6) is 0 Å². The summed E-state index contributed by atoms with van der Waals surface area (Å²) >= 11 is 1.90. The SMILES string of the molecule is CC(C)(C)[Si](C)(C)N1C(=O)C(CC2OC2CO)C1SC(c1ccccc1)(c1ccccc1)c1ccccc1. The quantitative estimate of drug-likeness (QED) is 0.142. The lowest BCUT2D eigenvalue weighted by Gasteiger charge is -2.59. The van der Waals surface area contributed by atoms with Gasteiger partial charge in [-0.3, -0.25) is 4.79 Å². The van der Waals surface area contributed by atoms with Crippen molar-refractivity contribution in [3.8, 4) is 0 Å². The molecule has 4 nitrogen and oxygen atoms in total. The molecular weight excluding hydrogens is 507 g/mol. The molecule has 200 valence electrons. The van der Waals surface area contributed by atoms with E-state index < -0.39 is 13.0 Å². The van der Waals surface area contributed by atoms with E-state index in [9.17, 15) is 9.90 Å². The molecule has 2 fully saturated rings. The van der Waals surface area contributed by atoms with E-state index in [-0.39, 0.29) is 41.1 Å². The average Bonchev–Trinajstić information content (AvgIpc) is 3.69. The second-order valence-corrected chi connectivity index (χ2v) is 18.5. The van der Waals surface area contributed by atoms with Crippen molar-refractivity contribution < 1.29 is 14.6 Å². The van der Waals surface area contributed by atoms with E-state index >= 15 is 0 Å². The van der Waals surface area contributed by atoms with Crippen molar-refractivity contribution in [3.63, 3.8) is 0 Å². The third-order valence-electron chi connectivity index (χ3n) is 8.78. The molecule has 0 aromatic heterocycles. The van der Waals surface area contributed by atoms with Crippen LogP contribution in [-0.2, 0) is 14.3 Å². The maximum Gasteiger partial charge on any atom is 0.221 e. The van der Waals surface area contributed by atoms with Crippen LogP contribution in [0.2, 0.25) is 18.1 Å². The number of thioether (sulfide) groups is 1. The van der Waals surface area contributed by atoms with Crippen molar-refractivity contribution in [1.29, 1.82) is 0 Å². The van der Waals surface area contributed by atoms with Gasteiger partial charge >= 0.3 is 0 Å². The lowest BCUT2D eigenvalue weighted by Crippen LogP contribution is -2.72. The second-order valence-electron chi connectivity index (χ2n) is 12.0. The van der Waals surface area contributed by atoms with Gasteiger partial charge in [0.05, 0.1) is 28.7 Å². The number of hydrogen-bond donors (Lipinski definition) is 1. The number of carbonyl (C=O) groups excluding carboxylic acids is 1. The molecule has 2 saturated heterocycles. The predicted octanol–water partition coefficient (Wildman–Crippen LogP) is 6.65. The zero-order valence-electron chi connectivity index (χ0n) is 23.0. The van der Waals surface area contributed by atoms with Gasteiger partial charge in [-0.05, 0) is 28.1 Å². The lowest BCUT2D eigenvalue weighted by molar-refractivity contribution is -0.144. The Morgan fingerprint density at radius 3 is 1.63 bits per heavy atom. The number of carbonyl (C=O) groups is 1. The summed E-state index contributed by atoms with van der Waals surface area (Å²) in [5.74, 6) is 0.0931. The Kier molecular flexibility index (Phi) is 7.37. The summed E-state index contributed by atoms with van der Waals surface area (Å²) in [6.45, 7) is 11.5. The van der Waals surface area contributed by atoms with Crippen LogP contribution >= 0.6 is 11.8 Å². The molecule has 0 radical (unpaired) electrons. The van der Waals surface area contributed by atoms with Gasteiger partial charge in [0.15, 0.2) is 8.24 Å². The van der Waals surface area contributed by atoms with Crippen molar-refractivity contribution in [2.45, 2.75) is 67.7 Å². The van der Waals surface area contributed by atoms with Gasteiger partial charge in [0.1, 0.15) is 6.10 Å². The number of rotatable bonds is 9. The van der Waals surface area contributed by atoms with Gasteiger partial charge in [0.2, 0.25) is 5.91 Å². The molecule has 5 rings (SSSR count). The summed E-state index contributed by atoms with van der Waals surface area (Å²) in [5, 5.41) is 9.63.